The highest BCUT2D eigenvalue weighted by atomic mass is 16.6. The zero-order valence-electron chi connectivity index (χ0n) is 30.6. The number of ether oxygens (including phenoxy) is 2. The van der Waals surface area contributed by atoms with E-state index in [2.05, 4.69) is 62.5 Å². The van der Waals surface area contributed by atoms with E-state index in [1.165, 1.54) is 64.2 Å². The van der Waals surface area contributed by atoms with E-state index in [0.29, 0.717) is 12.8 Å². The highest BCUT2D eigenvalue weighted by Gasteiger charge is 2.16. The molecule has 6 nitrogen and oxygen atoms in total. The zero-order chi connectivity index (χ0) is 34.6. The van der Waals surface area contributed by atoms with Crippen molar-refractivity contribution in [2.75, 3.05) is 13.2 Å². The van der Waals surface area contributed by atoms with Gasteiger partial charge in [-0.25, -0.2) is 0 Å². The lowest BCUT2D eigenvalue weighted by Gasteiger charge is -2.15. The summed E-state index contributed by atoms with van der Waals surface area (Å²) in [5.41, 5.74) is 0. The van der Waals surface area contributed by atoms with E-state index in [-0.39, 0.29) is 37.7 Å². The summed E-state index contributed by atoms with van der Waals surface area (Å²) in [6.07, 6.45) is 39.7. The normalized spacial score (nSPS) is 13.5. The lowest BCUT2D eigenvalue weighted by Crippen LogP contribution is -2.28. The van der Waals surface area contributed by atoms with Crippen LogP contribution in [0.2, 0.25) is 0 Å². The van der Waals surface area contributed by atoms with Gasteiger partial charge in [0.1, 0.15) is 6.61 Å². The van der Waals surface area contributed by atoms with Gasteiger partial charge in [-0.2, -0.15) is 0 Å². The fourth-order valence-corrected chi connectivity index (χ4v) is 5.12. The largest absolute Gasteiger partial charge is 0.462 e. The minimum Gasteiger partial charge on any atom is -0.462 e. The van der Waals surface area contributed by atoms with Crippen LogP contribution in [0.5, 0.6) is 0 Å². The van der Waals surface area contributed by atoms with Crippen molar-refractivity contribution >= 4 is 11.9 Å². The summed E-state index contributed by atoms with van der Waals surface area (Å²) in [5.74, 6) is 0.159. The molecule has 0 radical (unpaired) electrons. The smallest absolute Gasteiger partial charge is 0.306 e. The molecule has 0 fully saturated rings. The van der Waals surface area contributed by atoms with E-state index in [0.717, 1.165) is 70.1 Å². The summed E-state index contributed by atoms with van der Waals surface area (Å²) in [6, 6.07) is 0. The molecule has 47 heavy (non-hydrogen) atoms. The Labute approximate surface area is 289 Å². The van der Waals surface area contributed by atoms with Gasteiger partial charge in [0.2, 0.25) is 0 Å². The van der Waals surface area contributed by atoms with E-state index in [1.54, 1.807) is 0 Å². The quantitative estimate of drug-likeness (QED) is 0.0413. The Morgan fingerprint density at radius 1 is 0.596 bits per heavy atom. The van der Waals surface area contributed by atoms with Gasteiger partial charge in [0.05, 0.1) is 12.7 Å². The van der Waals surface area contributed by atoms with Crippen molar-refractivity contribution in [1.82, 2.24) is 0 Å². The molecule has 2 N–H and O–H groups in total. The highest BCUT2D eigenvalue weighted by molar-refractivity contribution is 5.70. The van der Waals surface area contributed by atoms with E-state index in [1.807, 2.05) is 6.92 Å². The number of aliphatic hydroxyl groups is 2. The molecule has 0 amide bonds. The van der Waals surface area contributed by atoms with Gasteiger partial charge in [-0.1, -0.05) is 146 Å². The van der Waals surface area contributed by atoms with Gasteiger partial charge in [0, 0.05) is 12.8 Å². The van der Waals surface area contributed by atoms with Crippen LogP contribution in [0.3, 0.4) is 0 Å². The van der Waals surface area contributed by atoms with Crippen LogP contribution in [0.25, 0.3) is 0 Å². The second-order valence-corrected chi connectivity index (χ2v) is 13.3. The molecular formula is C41H72O6. The third kappa shape index (κ3) is 35.0. The molecule has 6 heteroatoms. The first-order valence-corrected chi connectivity index (χ1v) is 19.1. The van der Waals surface area contributed by atoms with Crippen molar-refractivity contribution in [2.24, 2.45) is 5.92 Å². The molecule has 2 atom stereocenters. The molecule has 0 saturated carbocycles. The summed E-state index contributed by atoms with van der Waals surface area (Å²) >= 11 is 0. The zero-order valence-corrected chi connectivity index (χ0v) is 30.6. The summed E-state index contributed by atoms with van der Waals surface area (Å²) in [5, 5.41) is 19.1. The Bertz CT molecular complexity index is 828. The topological polar surface area (TPSA) is 93.1 Å². The lowest BCUT2D eigenvalue weighted by atomic mass is 10.0. The number of aliphatic hydroxyl groups excluding tert-OH is 2. The van der Waals surface area contributed by atoms with Crippen LogP contribution in [0.15, 0.2) is 48.6 Å². The summed E-state index contributed by atoms with van der Waals surface area (Å²) < 4.78 is 10.5. The monoisotopic (exact) mass is 661 g/mol. The number of carbonyl (C=O) groups excluding carboxylic acids is 2. The maximum atomic E-state index is 12.1. The highest BCUT2D eigenvalue weighted by Crippen LogP contribution is 2.15. The van der Waals surface area contributed by atoms with Crippen LogP contribution in [0.1, 0.15) is 168 Å². The first kappa shape index (κ1) is 44.8. The average molecular weight is 661 g/mol. The van der Waals surface area contributed by atoms with Crippen LogP contribution in [-0.4, -0.2) is 47.6 Å². The average Bonchev–Trinajstić information content (AvgIpc) is 3.06. The number of hydrogen-bond acceptors (Lipinski definition) is 6. The van der Waals surface area contributed by atoms with Crippen molar-refractivity contribution in [1.29, 1.82) is 0 Å². The van der Waals surface area contributed by atoms with Crippen molar-refractivity contribution in [3.05, 3.63) is 48.6 Å². The predicted molar refractivity (Wildman–Crippen MR) is 197 cm³/mol. The van der Waals surface area contributed by atoms with Gasteiger partial charge in [-0.3, -0.25) is 9.59 Å². The van der Waals surface area contributed by atoms with Crippen LogP contribution < -0.4 is 0 Å². The molecule has 0 aliphatic heterocycles. The van der Waals surface area contributed by atoms with Gasteiger partial charge in [-0.15, -0.1) is 0 Å². The van der Waals surface area contributed by atoms with Crippen LogP contribution in [0, 0.1) is 5.92 Å². The fourth-order valence-electron chi connectivity index (χ4n) is 5.12. The minimum absolute atomic E-state index is 0.0962. The molecular weight excluding hydrogens is 588 g/mol. The van der Waals surface area contributed by atoms with Crippen molar-refractivity contribution in [3.8, 4) is 0 Å². The summed E-state index contributed by atoms with van der Waals surface area (Å²) in [4.78, 5) is 24.2. The second-order valence-electron chi connectivity index (χ2n) is 13.3. The number of rotatable bonds is 33. The maximum absolute atomic E-state index is 12.1. The van der Waals surface area contributed by atoms with Crippen molar-refractivity contribution in [3.63, 3.8) is 0 Å². The van der Waals surface area contributed by atoms with Crippen LogP contribution in [-0.2, 0) is 19.1 Å². The molecule has 0 heterocycles. The van der Waals surface area contributed by atoms with Crippen LogP contribution >= 0.6 is 0 Å². The molecule has 0 aliphatic carbocycles. The second kappa shape index (κ2) is 35.1. The van der Waals surface area contributed by atoms with E-state index in [9.17, 15) is 19.8 Å². The number of allylic oxidation sites excluding steroid dienone is 8. The molecule has 0 saturated heterocycles. The summed E-state index contributed by atoms with van der Waals surface area (Å²) in [7, 11) is 0. The molecule has 0 unspecified atom stereocenters. The van der Waals surface area contributed by atoms with Gasteiger partial charge in [0.15, 0.2) is 6.10 Å². The van der Waals surface area contributed by atoms with Gasteiger partial charge >= 0.3 is 11.9 Å². The van der Waals surface area contributed by atoms with Crippen LogP contribution in [0.4, 0.5) is 0 Å². The first-order valence-electron chi connectivity index (χ1n) is 19.1. The standard InChI is InChI=1S/C41H72O6/c1-4-38(43)32-28-24-20-16-12-7-5-6-8-14-18-22-26-30-34-41(45)47-39(35-42)36-46-40(44)33-29-25-21-17-13-10-9-11-15-19-23-27-31-37(2)3/h6-8,12,18,20,22,24,37-39,42-43H,4-5,9-11,13-17,19,21,23,25-36H2,1-3H3/b8-6-,12-7-,22-18-,24-20-/t38-,39+/m1/s1. The molecule has 0 aliphatic rings. The molecule has 0 aromatic rings. The molecule has 0 rings (SSSR count). The maximum Gasteiger partial charge on any atom is 0.306 e. The van der Waals surface area contributed by atoms with Gasteiger partial charge in [-0.05, 0) is 63.7 Å². The molecule has 272 valence electrons. The van der Waals surface area contributed by atoms with Crippen molar-refractivity contribution < 1.29 is 29.3 Å². The Balaban J connectivity index is 3.68. The van der Waals surface area contributed by atoms with Gasteiger partial charge < -0.3 is 19.7 Å². The van der Waals surface area contributed by atoms with E-state index in [4.69, 9.17) is 9.47 Å². The number of carbonyl (C=O) groups is 2. The molecule has 0 aromatic heterocycles. The third-order valence-electron chi connectivity index (χ3n) is 8.22. The predicted octanol–water partition coefficient (Wildman–Crippen LogP) is 10.7. The van der Waals surface area contributed by atoms with Crippen molar-refractivity contribution in [2.45, 2.75) is 181 Å². The molecule has 0 spiro atoms. The fraction of sp³-hybridized carbons (Fsp3) is 0.756. The Kier molecular flexibility index (Phi) is 33.5. The Hall–Kier alpha value is -2.18. The number of unbranched alkanes of at least 4 members (excludes halogenated alkanes) is 12. The number of hydrogen-bond donors (Lipinski definition) is 2. The van der Waals surface area contributed by atoms with Gasteiger partial charge in [0.25, 0.3) is 0 Å². The Morgan fingerprint density at radius 3 is 1.57 bits per heavy atom. The SMILES string of the molecule is CC[C@@H](O)CC/C=C\C/C=C\C/C=C\C/C=C\CCCC(=O)O[C@@H](CO)COC(=O)CCCCCCCCCCCCCCC(C)C. The minimum atomic E-state index is -0.808. The summed E-state index contributed by atoms with van der Waals surface area (Å²) in [6.45, 7) is 6.15. The first-order chi connectivity index (χ1) is 22.9. The third-order valence-corrected chi connectivity index (χ3v) is 8.22. The van der Waals surface area contributed by atoms with E-state index >= 15 is 0 Å². The lowest BCUT2D eigenvalue weighted by molar-refractivity contribution is -0.161. The number of esters is 2. The molecule has 0 aromatic carbocycles. The van der Waals surface area contributed by atoms with E-state index < -0.39 is 6.10 Å². The molecule has 0 bridgehead atoms. The Morgan fingerprint density at radius 2 is 1.06 bits per heavy atom.